The first kappa shape index (κ1) is 34.5. The molecule has 0 saturated heterocycles. The molecule has 4 aliphatic carbocycles. The van der Waals surface area contributed by atoms with Gasteiger partial charge in [0.05, 0.1) is 5.52 Å². The Balaban J connectivity index is 1.03. The maximum atomic E-state index is 12.6. The largest absolute Gasteiger partial charge is 0.463 e. The van der Waals surface area contributed by atoms with Gasteiger partial charge in [-0.2, -0.15) is 0 Å². The van der Waals surface area contributed by atoms with Crippen LogP contribution in [0.15, 0.2) is 30.5 Å². The SMILES string of the molecule is CC(=O)O[C@@H]1CC[C@@]2(C)[C@H](CC[C@@H]3[C@@H]2C[C@H](OC(C)=O)[C@]2(C)[C@@H]([C@H](C)CNCCCCNc4ccnc5cc(Cl)ccc45)CC[C@@H]32)C1. The normalized spacial score (nSPS) is 35.3. The van der Waals surface area contributed by atoms with Crippen molar-refractivity contribution in [3.63, 3.8) is 0 Å². The highest BCUT2D eigenvalue weighted by Gasteiger charge is 2.65. The van der Waals surface area contributed by atoms with Gasteiger partial charge in [0, 0.05) is 48.1 Å². The molecule has 2 N–H and O–H groups in total. The second kappa shape index (κ2) is 14.2. The zero-order chi connectivity index (χ0) is 33.3. The van der Waals surface area contributed by atoms with E-state index < -0.39 is 0 Å². The van der Waals surface area contributed by atoms with Gasteiger partial charge in [-0.1, -0.05) is 32.4 Å². The summed E-state index contributed by atoms with van der Waals surface area (Å²) in [5.74, 6) is 3.16. The number of nitrogens with one attached hydrogen (secondary N) is 2. The minimum atomic E-state index is -0.158. The summed E-state index contributed by atoms with van der Waals surface area (Å²) in [5.41, 5.74) is 2.24. The number of hydrogen-bond acceptors (Lipinski definition) is 7. The zero-order valence-corrected chi connectivity index (χ0v) is 29.9. The molecule has 0 amide bonds. The van der Waals surface area contributed by atoms with Crippen LogP contribution in [0.1, 0.15) is 98.8 Å². The Bertz CT molecular complexity index is 1440. The number of fused-ring (bicyclic) bond motifs is 6. The van der Waals surface area contributed by atoms with Crippen LogP contribution in [0.5, 0.6) is 0 Å². The lowest BCUT2D eigenvalue weighted by atomic mass is 9.43. The van der Waals surface area contributed by atoms with Crippen LogP contribution in [-0.2, 0) is 19.1 Å². The molecule has 1 heterocycles. The van der Waals surface area contributed by atoms with Crippen molar-refractivity contribution >= 4 is 40.1 Å². The summed E-state index contributed by atoms with van der Waals surface area (Å²) >= 11 is 6.15. The molecule has 0 radical (unpaired) electrons. The van der Waals surface area contributed by atoms with Crippen LogP contribution in [0.2, 0.25) is 5.02 Å². The highest BCUT2D eigenvalue weighted by atomic mass is 35.5. The third-order valence-electron chi connectivity index (χ3n) is 13.4. The van der Waals surface area contributed by atoms with E-state index in [4.69, 9.17) is 21.1 Å². The summed E-state index contributed by atoms with van der Waals surface area (Å²) in [6, 6.07) is 7.89. The number of unbranched alkanes of at least 4 members (excludes halogenated alkanes) is 1. The highest BCUT2D eigenvalue weighted by molar-refractivity contribution is 6.31. The van der Waals surface area contributed by atoms with Crippen molar-refractivity contribution in [2.24, 2.45) is 46.3 Å². The molecule has 1 aromatic carbocycles. The van der Waals surface area contributed by atoms with Crippen molar-refractivity contribution < 1.29 is 19.1 Å². The number of carbonyl (C=O) groups excluding carboxylic acids is 2. The molecule has 10 atom stereocenters. The standard InChI is InChI=1S/C39H56ClN3O4/c1-24(23-41-17-6-7-18-42-35-15-19-43-36-21-28(40)9-11-31(35)36)32-12-13-33-30-10-8-27-20-29(46-25(2)44)14-16-38(27,4)34(30)22-37(39(32,33)5)47-26(3)45/h9,11,15,19,21,24,27,29-30,32-34,37,41H,6-8,10,12-14,16-18,20,22-23H2,1-5H3,(H,42,43)/t24-,27-,29-,30+,32-,33+,34+,37+,38+,39-/m1/s1. The van der Waals surface area contributed by atoms with Crippen molar-refractivity contribution in [1.29, 1.82) is 0 Å². The fourth-order valence-corrected chi connectivity index (χ4v) is 11.3. The lowest BCUT2D eigenvalue weighted by Crippen LogP contribution is -2.60. The van der Waals surface area contributed by atoms with E-state index in [9.17, 15) is 9.59 Å². The van der Waals surface area contributed by atoms with E-state index >= 15 is 0 Å². The first-order chi connectivity index (χ1) is 22.5. The van der Waals surface area contributed by atoms with Gasteiger partial charge >= 0.3 is 11.9 Å². The summed E-state index contributed by atoms with van der Waals surface area (Å²) in [6.07, 6.45) is 13.0. The number of ether oxygens (including phenoxy) is 2. The molecule has 4 fully saturated rings. The van der Waals surface area contributed by atoms with E-state index in [2.05, 4.69) is 36.4 Å². The van der Waals surface area contributed by atoms with Gasteiger partial charge in [-0.15, -0.1) is 0 Å². The Morgan fingerprint density at radius 2 is 1.77 bits per heavy atom. The molecule has 6 rings (SSSR count). The van der Waals surface area contributed by atoms with Crippen LogP contribution in [0.4, 0.5) is 5.69 Å². The Labute approximate surface area is 286 Å². The molecule has 0 aliphatic heterocycles. The highest BCUT2D eigenvalue weighted by Crippen LogP contribution is 2.68. The van der Waals surface area contributed by atoms with Crippen LogP contribution in [0.3, 0.4) is 0 Å². The summed E-state index contributed by atoms with van der Waals surface area (Å²) in [4.78, 5) is 28.7. The number of anilines is 1. The first-order valence-electron chi connectivity index (χ1n) is 18.3. The maximum Gasteiger partial charge on any atom is 0.302 e. The lowest BCUT2D eigenvalue weighted by Gasteiger charge is -2.62. The molecule has 258 valence electrons. The molecule has 8 heteroatoms. The molecule has 0 unspecified atom stereocenters. The fourth-order valence-electron chi connectivity index (χ4n) is 11.2. The Morgan fingerprint density at radius 3 is 2.55 bits per heavy atom. The molecule has 0 bridgehead atoms. The number of benzene rings is 1. The molecule has 7 nitrogen and oxygen atoms in total. The van der Waals surface area contributed by atoms with Crippen LogP contribution < -0.4 is 10.6 Å². The summed E-state index contributed by atoms with van der Waals surface area (Å²) in [7, 11) is 0. The van der Waals surface area contributed by atoms with E-state index in [1.165, 1.54) is 32.6 Å². The monoisotopic (exact) mass is 665 g/mol. The van der Waals surface area contributed by atoms with Gasteiger partial charge in [0.1, 0.15) is 12.2 Å². The van der Waals surface area contributed by atoms with E-state index in [0.29, 0.717) is 40.5 Å². The molecule has 4 aliphatic rings. The van der Waals surface area contributed by atoms with Crippen LogP contribution in [-0.4, -0.2) is 48.8 Å². The number of pyridine rings is 1. The van der Waals surface area contributed by atoms with E-state index in [0.717, 1.165) is 74.7 Å². The zero-order valence-electron chi connectivity index (χ0n) is 29.2. The average Bonchev–Trinajstić information content (AvgIpc) is 3.39. The molecule has 0 spiro atoms. The number of nitrogens with zero attached hydrogens (tertiary/aromatic N) is 1. The Hall–Kier alpha value is -2.38. The van der Waals surface area contributed by atoms with Gasteiger partial charge in [-0.05, 0) is 142 Å². The summed E-state index contributed by atoms with van der Waals surface area (Å²) in [6.45, 7) is 13.4. The number of carbonyl (C=O) groups is 2. The third-order valence-corrected chi connectivity index (χ3v) is 13.6. The van der Waals surface area contributed by atoms with Crippen LogP contribution in [0.25, 0.3) is 10.9 Å². The van der Waals surface area contributed by atoms with Crippen LogP contribution >= 0.6 is 11.6 Å². The lowest BCUT2D eigenvalue weighted by molar-refractivity contribution is -0.197. The Kier molecular flexibility index (Phi) is 10.4. The van der Waals surface area contributed by atoms with E-state index in [1.54, 1.807) is 6.92 Å². The van der Waals surface area contributed by atoms with Crippen molar-refractivity contribution in [1.82, 2.24) is 10.3 Å². The predicted molar refractivity (Wildman–Crippen MR) is 188 cm³/mol. The molecular weight excluding hydrogens is 610 g/mol. The van der Waals surface area contributed by atoms with Gasteiger partial charge in [0.15, 0.2) is 0 Å². The number of esters is 2. The first-order valence-corrected chi connectivity index (χ1v) is 18.7. The molecule has 4 saturated carbocycles. The van der Waals surface area contributed by atoms with Gasteiger partial charge in [0.2, 0.25) is 0 Å². The van der Waals surface area contributed by atoms with Gasteiger partial charge in [0.25, 0.3) is 0 Å². The third kappa shape index (κ3) is 6.90. The topological polar surface area (TPSA) is 89.5 Å². The smallest absolute Gasteiger partial charge is 0.302 e. The van der Waals surface area contributed by atoms with Gasteiger partial charge in [-0.3, -0.25) is 14.6 Å². The van der Waals surface area contributed by atoms with Gasteiger partial charge in [-0.25, -0.2) is 0 Å². The number of aromatic nitrogens is 1. The molecule has 2 aromatic rings. The minimum Gasteiger partial charge on any atom is -0.463 e. The van der Waals surface area contributed by atoms with Crippen molar-refractivity contribution in [3.05, 3.63) is 35.5 Å². The van der Waals surface area contributed by atoms with Crippen molar-refractivity contribution in [2.45, 2.75) is 111 Å². The van der Waals surface area contributed by atoms with Crippen LogP contribution in [0, 0.1) is 46.3 Å². The maximum absolute atomic E-state index is 12.6. The molecular formula is C39H56ClN3O4. The summed E-state index contributed by atoms with van der Waals surface area (Å²) in [5, 5.41) is 9.18. The second-order valence-electron chi connectivity index (χ2n) is 15.9. The quantitative estimate of drug-likeness (QED) is 0.184. The van der Waals surface area contributed by atoms with E-state index in [-0.39, 0.29) is 35.0 Å². The van der Waals surface area contributed by atoms with Crippen molar-refractivity contribution in [3.8, 4) is 0 Å². The van der Waals surface area contributed by atoms with Crippen molar-refractivity contribution in [2.75, 3.05) is 25.0 Å². The van der Waals surface area contributed by atoms with Gasteiger partial charge < -0.3 is 20.1 Å². The van der Waals surface area contributed by atoms with E-state index in [1.807, 2.05) is 30.5 Å². The molecule has 1 aromatic heterocycles. The Morgan fingerprint density at radius 1 is 0.979 bits per heavy atom. The predicted octanol–water partition coefficient (Wildman–Crippen LogP) is 8.44. The summed E-state index contributed by atoms with van der Waals surface area (Å²) < 4.78 is 12.0. The number of hydrogen-bond donors (Lipinski definition) is 2. The number of rotatable bonds is 11. The minimum absolute atomic E-state index is 0.00748. The average molecular weight is 666 g/mol. The fraction of sp³-hybridized carbons (Fsp3) is 0.718. The second-order valence-corrected chi connectivity index (χ2v) is 16.3. The number of halogens is 1. The molecule has 47 heavy (non-hydrogen) atoms.